The molecule has 1 unspecified atom stereocenters. The Hall–Kier alpha value is -2.57. The van der Waals surface area contributed by atoms with Crippen LogP contribution in [-0.2, 0) is 18.3 Å². The van der Waals surface area contributed by atoms with Gasteiger partial charge in [-0.3, -0.25) is 14.3 Å². The molecule has 1 aliphatic rings. The zero-order valence-corrected chi connectivity index (χ0v) is 13.8. The molecule has 0 aliphatic carbocycles. The highest BCUT2D eigenvalue weighted by atomic mass is 16.3. The summed E-state index contributed by atoms with van der Waals surface area (Å²) in [5, 5.41) is 7.13. The molecule has 0 aromatic carbocycles. The number of aromatic nitrogens is 2. The van der Waals surface area contributed by atoms with E-state index in [9.17, 15) is 9.59 Å². The number of piperidine rings is 1. The molecule has 0 saturated carbocycles. The minimum atomic E-state index is -0.116. The van der Waals surface area contributed by atoms with Crippen molar-refractivity contribution < 1.29 is 14.0 Å². The molecule has 128 valence electrons. The largest absolute Gasteiger partial charge is 0.459 e. The van der Waals surface area contributed by atoms with Crippen molar-refractivity contribution in [3.63, 3.8) is 0 Å². The number of rotatable bonds is 5. The number of hydrogen-bond acceptors (Lipinski definition) is 4. The van der Waals surface area contributed by atoms with Gasteiger partial charge in [-0.05, 0) is 37.0 Å². The molecule has 0 spiro atoms. The summed E-state index contributed by atoms with van der Waals surface area (Å²) in [6.45, 7) is 1.22. The van der Waals surface area contributed by atoms with Crippen LogP contribution in [0.1, 0.15) is 35.4 Å². The Bertz CT molecular complexity index is 693. The van der Waals surface area contributed by atoms with Crippen LogP contribution >= 0.6 is 0 Å². The average Bonchev–Trinajstić information content (AvgIpc) is 3.24. The number of aryl methyl sites for hydroxylation is 2. The van der Waals surface area contributed by atoms with Gasteiger partial charge in [0.25, 0.3) is 5.91 Å². The Kier molecular flexibility index (Phi) is 4.98. The van der Waals surface area contributed by atoms with Crippen LogP contribution in [-0.4, -0.2) is 45.6 Å². The van der Waals surface area contributed by atoms with Crippen LogP contribution in [0.15, 0.2) is 35.2 Å². The standard InChI is InChI=1S/C17H22N4O3/c1-20-11-13(10-18-20)6-7-16(22)19-14-4-2-8-21(12-14)17(23)15-5-3-9-24-15/h3,5,9-11,14H,2,4,6-8,12H2,1H3,(H,19,22). The molecule has 3 rings (SSSR count). The molecule has 2 aromatic heterocycles. The zero-order chi connectivity index (χ0) is 16.9. The molecule has 1 aliphatic heterocycles. The van der Waals surface area contributed by atoms with E-state index < -0.39 is 0 Å². The lowest BCUT2D eigenvalue weighted by atomic mass is 10.0. The maximum absolute atomic E-state index is 12.3. The van der Waals surface area contributed by atoms with Crippen LogP contribution < -0.4 is 5.32 Å². The minimum absolute atomic E-state index is 0.000870. The van der Waals surface area contributed by atoms with Gasteiger partial charge in [0.05, 0.1) is 12.5 Å². The van der Waals surface area contributed by atoms with Gasteiger partial charge in [-0.25, -0.2) is 0 Å². The number of amides is 2. The maximum Gasteiger partial charge on any atom is 0.289 e. The monoisotopic (exact) mass is 330 g/mol. The van der Waals surface area contributed by atoms with Gasteiger partial charge in [-0.1, -0.05) is 0 Å². The molecular weight excluding hydrogens is 308 g/mol. The highest BCUT2D eigenvalue weighted by molar-refractivity contribution is 5.91. The summed E-state index contributed by atoms with van der Waals surface area (Å²) in [5.41, 5.74) is 1.05. The second-order valence-electron chi connectivity index (χ2n) is 6.16. The molecule has 7 nitrogen and oxygen atoms in total. The number of likely N-dealkylation sites (tertiary alicyclic amines) is 1. The van der Waals surface area contributed by atoms with Crippen molar-refractivity contribution >= 4 is 11.8 Å². The second-order valence-corrected chi connectivity index (χ2v) is 6.16. The number of hydrogen-bond donors (Lipinski definition) is 1. The summed E-state index contributed by atoms with van der Waals surface area (Å²) in [6.07, 6.45) is 8.04. The van der Waals surface area contributed by atoms with Crippen LogP contribution in [0.4, 0.5) is 0 Å². The van der Waals surface area contributed by atoms with Gasteiger partial charge in [0.2, 0.25) is 5.91 Å². The summed E-state index contributed by atoms with van der Waals surface area (Å²) in [6, 6.07) is 3.37. The Labute approximate surface area is 140 Å². The fourth-order valence-electron chi connectivity index (χ4n) is 2.99. The van der Waals surface area contributed by atoms with Crippen molar-refractivity contribution in [1.82, 2.24) is 20.0 Å². The molecule has 1 N–H and O–H groups in total. The highest BCUT2D eigenvalue weighted by Gasteiger charge is 2.26. The van der Waals surface area contributed by atoms with Gasteiger partial charge in [0.15, 0.2) is 5.76 Å². The van der Waals surface area contributed by atoms with Crippen LogP contribution in [0.2, 0.25) is 0 Å². The minimum Gasteiger partial charge on any atom is -0.459 e. The topological polar surface area (TPSA) is 80.4 Å². The van der Waals surface area contributed by atoms with E-state index in [4.69, 9.17) is 4.42 Å². The van der Waals surface area contributed by atoms with Crippen molar-refractivity contribution in [3.8, 4) is 0 Å². The quantitative estimate of drug-likeness (QED) is 0.898. The molecule has 2 amide bonds. The first kappa shape index (κ1) is 16.3. The third-order valence-corrected chi connectivity index (χ3v) is 4.20. The molecule has 3 heterocycles. The summed E-state index contributed by atoms with van der Waals surface area (Å²) in [4.78, 5) is 26.2. The van der Waals surface area contributed by atoms with E-state index in [1.54, 1.807) is 27.9 Å². The average molecular weight is 330 g/mol. The molecule has 24 heavy (non-hydrogen) atoms. The molecular formula is C17H22N4O3. The van der Waals surface area contributed by atoms with E-state index in [0.717, 1.165) is 18.4 Å². The highest BCUT2D eigenvalue weighted by Crippen LogP contribution is 2.14. The zero-order valence-electron chi connectivity index (χ0n) is 13.8. The van der Waals surface area contributed by atoms with E-state index in [1.165, 1.54) is 6.26 Å². The van der Waals surface area contributed by atoms with Gasteiger partial charge < -0.3 is 14.6 Å². The SMILES string of the molecule is Cn1cc(CCC(=O)NC2CCCN(C(=O)c3ccco3)C2)cn1. The van der Waals surface area contributed by atoms with Crippen LogP contribution in [0.3, 0.4) is 0 Å². The van der Waals surface area contributed by atoms with Crippen molar-refractivity contribution in [3.05, 3.63) is 42.1 Å². The smallest absolute Gasteiger partial charge is 0.289 e. The van der Waals surface area contributed by atoms with E-state index in [0.29, 0.717) is 31.7 Å². The molecule has 1 fully saturated rings. The number of carbonyl (C=O) groups is 2. The summed E-state index contributed by atoms with van der Waals surface area (Å²) in [7, 11) is 1.86. The Morgan fingerprint density at radius 2 is 2.33 bits per heavy atom. The van der Waals surface area contributed by atoms with Crippen LogP contribution in [0, 0.1) is 0 Å². The van der Waals surface area contributed by atoms with Crippen molar-refractivity contribution in [1.29, 1.82) is 0 Å². The summed E-state index contributed by atoms with van der Waals surface area (Å²) < 4.78 is 6.90. The molecule has 1 saturated heterocycles. The van der Waals surface area contributed by atoms with Crippen LogP contribution in [0.5, 0.6) is 0 Å². The second kappa shape index (κ2) is 7.33. The van der Waals surface area contributed by atoms with E-state index in [-0.39, 0.29) is 17.9 Å². The van der Waals surface area contributed by atoms with Gasteiger partial charge in [-0.2, -0.15) is 5.10 Å². The van der Waals surface area contributed by atoms with Gasteiger partial charge >= 0.3 is 0 Å². The number of nitrogens with zero attached hydrogens (tertiary/aromatic N) is 3. The third kappa shape index (κ3) is 4.04. The first-order chi connectivity index (χ1) is 11.6. The molecule has 0 bridgehead atoms. The summed E-state index contributed by atoms with van der Waals surface area (Å²) >= 11 is 0. The number of nitrogens with one attached hydrogen (secondary N) is 1. The number of carbonyl (C=O) groups excluding carboxylic acids is 2. The fourth-order valence-corrected chi connectivity index (χ4v) is 2.99. The van der Waals surface area contributed by atoms with E-state index in [1.807, 2.05) is 13.2 Å². The first-order valence-electron chi connectivity index (χ1n) is 8.21. The van der Waals surface area contributed by atoms with Gasteiger partial charge in [0.1, 0.15) is 0 Å². The fraction of sp³-hybridized carbons (Fsp3) is 0.471. The first-order valence-corrected chi connectivity index (χ1v) is 8.21. The lowest BCUT2D eigenvalue weighted by Gasteiger charge is -2.32. The van der Waals surface area contributed by atoms with Crippen molar-refractivity contribution in [2.45, 2.75) is 31.7 Å². The molecule has 1 atom stereocenters. The lowest BCUT2D eigenvalue weighted by Crippen LogP contribution is -2.49. The summed E-state index contributed by atoms with van der Waals surface area (Å²) in [5.74, 6) is 0.240. The van der Waals surface area contributed by atoms with E-state index in [2.05, 4.69) is 10.4 Å². The molecule has 7 heteroatoms. The molecule has 0 radical (unpaired) electrons. The predicted molar refractivity (Wildman–Crippen MR) is 87.3 cm³/mol. The maximum atomic E-state index is 12.3. The van der Waals surface area contributed by atoms with Crippen molar-refractivity contribution in [2.24, 2.45) is 7.05 Å². The lowest BCUT2D eigenvalue weighted by molar-refractivity contribution is -0.122. The third-order valence-electron chi connectivity index (χ3n) is 4.20. The predicted octanol–water partition coefficient (Wildman–Crippen LogP) is 1.37. The molecule has 2 aromatic rings. The normalized spacial score (nSPS) is 17.7. The van der Waals surface area contributed by atoms with Crippen molar-refractivity contribution in [2.75, 3.05) is 13.1 Å². The van der Waals surface area contributed by atoms with Gasteiger partial charge in [-0.15, -0.1) is 0 Å². The number of furan rings is 1. The van der Waals surface area contributed by atoms with Gasteiger partial charge in [0, 0.05) is 38.8 Å². The van der Waals surface area contributed by atoms with E-state index >= 15 is 0 Å². The Morgan fingerprint density at radius 3 is 3.04 bits per heavy atom. The Morgan fingerprint density at radius 1 is 1.46 bits per heavy atom. The van der Waals surface area contributed by atoms with Crippen LogP contribution in [0.25, 0.3) is 0 Å². The Balaban J connectivity index is 1.48.